The van der Waals surface area contributed by atoms with Crippen LogP contribution in [-0.4, -0.2) is 0 Å². The van der Waals surface area contributed by atoms with E-state index in [0.717, 1.165) is 5.57 Å². The van der Waals surface area contributed by atoms with Gasteiger partial charge in [0, 0.05) is 0 Å². The van der Waals surface area contributed by atoms with E-state index in [1.807, 2.05) is 26.8 Å². The van der Waals surface area contributed by atoms with Crippen LogP contribution in [0.15, 0.2) is 36.4 Å². The second kappa shape index (κ2) is 7.05. The van der Waals surface area contributed by atoms with Crippen LogP contribution in [0, 0.1) is 13.8 Å². The highest BCUT2D eigenvalue weighted by molar-refractivity contribution is 5.54. The van der Waals surface area contributed by atoms with Gasteiger partial charge in [0.1, 0.15) is 0 Å². The standard InChI is InChI=1S/C13H16.C2H6/c1-10(2)5-7-13-8-6-11(3)12(4)9-13;1-2/h5-9H,1H2,2-4H3;1-2H3/b7-5+;. The maximum atomic E-state index is 3.82. The highest BCUT2D eigenvalue weighted by atomic mass is 14.0. The maximum absolute atomic E-state index is 3.82. The molecule has 0 aliphatic rings. The molecule has 82 valence electrons. The Hall–Kier alpha value is -1.30. The third kappa shape index (κ3) is 5.21. The first kappa shape index (κ1) is 13.7. The van der Waals surface area contributed by atoms with Crippen molar-refractivity contribution in [3.63, 3.8) is 0 Å². The number of allylic oxidation sites excluding steroid dienone is 2. The Bertz CT molecular complexity index is 343. The summed E-state index contributed by atoms with van der Waals surface area (Å²) in [4.78, 5) is 0. The van der Waals surface area contributed by atoms with Gasteiger partial charge in [-0.15, -0.1) is 0 Å². The molecule has 0 atom stereocenters. The minimum Gasteiger partial charge on any atom is -0.0961 e. The molecule has 0 nitrogen and oxygen atoms in total. The minimum absolute atomic E-state index is 1.08. The summed E-state index contributed by atoms with van der Waals surface area (Å²) in [5.74, 6) is 0. The van der Waals surface area contributed by atoms with Crippen LogP contribution >= 0.6 is 0 Å². The summed E-state index contributed by atoms with van der Waals surface area (Å²) in [6.45, 7) is 14.1. The van der Waals surface area contributed by atoms with Gasteiger partial charge in [-0.1, -0.05) is 56.4 Å². The fourth-order valence-electron chi connectivity index (χ4n) is 1.11. The normalized spacial score (nSPS) is 9.67. The largest absolute Gasteiger partial charge is 0.0961 e. The Morgan fingerprint density at radius 1 is 1.13 bits per heavy atom. The van der Waals surface area contributed by atoms with Crippen LogP contribution in [0.2, 0.25) is 0 Å². The van der Waals surface area contributed by atoms with E-state index in [1.54, 1.807) is 0 Å². The smallest absolute Gasteiger partial charge is 0.0254 e. The maximum Gasteiger partial charge on any atom is -0.0254 e. The average Bonchev–Trinajstić information content (AvgIpc) is 2.23. The van der Waals surface area contributed by atoms with E-state index < -0.39 is 0 Å². The first-order valence-electron chi connectivity index (χ1n) is 5.50. The minimum atomic E-state index is 1.08. The van der Waals surface area contributed by atoms with Gasteiger partial charge in [0.2, 0.25) is 0 Å². The van der Waals surface area contributed by atoms with Crippen LogP contribution in [0.25, 0.3) is 6.08 Å². The topological polar surface area (TPSA) is 0 Å². The zero-order valence-corrected chi connectivity index (χ0v) is 10.6. The van der Waals surface area contributed by atoms with Crippen molar-refractivity contribution in [2.24, 2.45) is 0 Å². The van der Waals surface area contributed by atoms with E-state index in [-0.39, 0.29) is 0 Å². The van der Waals surface area contributed by atoms with Crippen molar-refractivity contribution in [3.8, 4) is 0 Å². The van der Waals surface area contributed by atoms with Gasteiger partial charge in [-0.3, -0.25) is 0 Å². The molecule has 0 heteroatoms. The fourth-order valence-corrected chi connectivity index (χ4v) is 1.11. The molecule has 0 heterocycles. The van der Waals surface area contributed by atoms with Crippen molar-refractivity contribution in [2.75, 3.05) is 0 Å². The number of benzene rings is 1. The predicted octanol–water partition coefficient (Wildman–Crippen LogP) is 4.92. The zero-order chi connectivity index (χ0) is 11.8. The van der Waals surface area contributed by atoms with Crippen LogP contribution in [0.5, 0.6) is 0 Å². The van der Waals surface area contributed by atoms with E-state index >= 15 is 0 Å². The second-order valence-corrected chi connectivity index (χ2v) is 3.52. The van der Waals surface area contributed by atoms with Crippen molar-refractivity contribution < 1.29 is 0 Å². The van der Waals surface area contributed by atoms with Gasteiger partial charge in [-0.2, -0.15) is 0 Å². The van der Waals surface area contributed by atoms with Gasteiger partial charge in [0.15, 0.2) is 0 Å². The van der Waals surface area contributed by atoms with Crippen LogP contribution in [0.4, 0.5) is 0 Å². The molecule has 0 radical (unpaired) electrons. The Balaban J connectivity index is 0.000000921. The van der Waals surface area contributed by atoms with Crippen molar-refractivity contribution in [2.45, 2.75) is 34.6 Å². The summed E-state index contributed by atoms with van der Waals surface area (Å²) in [5, 5.41) is 0. The number of aryl methyl sites for hydroxylation is 2. The molecule has 0 fully saturated rings. The van der Waals surface area contributed by atoms with E-state index in [0.29, 0.717) is 0 Å². The molecule has 0 amide bonds. The fraction of sp³-hybridized carbons (Fsp3) is 0.333. The molecular weight excluding hydrogens is 180 g/mol. The lowest BCUT2D eigenvalue weighted by atomic mass is 10.1. The first-order chi connectivity index (χ1) is 7.09. The van der Waals surface area contributed by atoms with E-state index in [2.05, 4.69) is 44.7 Å². The number of hydrogen-bond donors (Lipinski definition) is 0. The molecule has 0 unspecified atom stereocenters. The predicted molar refractivity (Wildman–Crippen MR) is 71.1 cm³/mol. The second-order valence-electron chi connectivity index (χ2n) is 3.52. The zero-order valence-electron chi connectivity index (χ0n) is 10.6. The Labute approximate surface area is 94.3 Å². The molecular formula is C15H22. The van der Waals surface area contributed by atoms with Gasteiger partial charge in [0.05, 0.1) is 0 Å². The van der Waals surface area contributed by atoms with E-state index in [4.69, 9.17) is 0 Å². The quantitative estimate of drug-likeness (QED) is 0.597. The molecule has 0 saturated heterocycles. The monoisotopic (exact) mass is 202 g/mol. The molecule has 0 aliphatic heterocycles. The van der Waals surface area contributed by atoms with Gasteiger partial charge in [-0.05, 0) is 37.5 Å². The van der Waals surface area contributed by atoms with Gasteiger partial charge in [0.25, 0.3) is 0 Å². The molecule has 0 bridgehead atoms. The van der Waals surface area contributed by atoms with Crippen LogP contribution in [0.3, 0.4) is 0 Å². The third-order valence-corrected chi connectivity index (χ3v) is 2.09. The Kier molecular flexibility index (Phi) is 6.44. The highest BCUT2D eigenvalue weighted by Crippen LogP contribution is 2.11. The Morgan fingerprint density at radius 2 is 1.73 bits per heavy atom. The molecule has 0 aromatic heterocycles. The average molecular weight is 202 g/mol. The molecule has 0 N–H and O–H groups in total. The molecule has 15 heavy (non-hydrogen) atoms. The van der Waals surface area contributed by atoms with E-state index in [1.165, 1.54) is 16.7 Å². The van der Waals surface area contributed by atoms with Crippen molar-refractivity contribution in [1.82, 2.24) is 0 Å². The summed E-state index contributed by atoms with van der Waals surface area (Å²) in [6, 6.07) is 6.46. The first-order valence-corrected chi connectivity index (χ1v) is 5.50. The van der Waals surface area contributed by atoms with Crippen LogP contribution in [0.1, 0.15) is 37.5 Å². The SMILES string of the molecule is C=C(C)/C=C/c1ccc(C)c(C)c1.CC. The summed E-state index contributed by atoms with van der Waals surface area (Å²) in [5.41, 5.74) is 5.00. The summed E-state index contributed by atoms with van der Waals surface area (Å²) < 4.78 is 0. The van der Waals surface area contributed by atoms with Crippen LogP contribution < -0.4 is 0 Å². The molecule has 1 aromatic carbocycles. The third-order valence-electron chi connectivity index (χ3n) is 2.09. The Morgan fingerprint density at radius 3 is 2.20 bits per heavy atom. The molecule has 1 rings (SSSR count). The van der Waals surface area contributed by atoms with E-state index in [9.17, 15) is 0 Å². The summed E-state index contributed by atoms with van der Waals surface area (Å²) in [7, 11) is 0. The molecule has 1 aromatic rings. The lowest BCUT2D eigenvalue weighted by Gasteiger charge is -2.00. The van der Waals surface area contributed by atoms with Gasteiger partial charge in [-0.25, -0.2) is 0 Å². The van der Waals surface area contributed by atoms with Crippen molar-refractivity contribution >= 4 is 6.08 Å². The van der Waals surface area contributed by atoms with Crippen LogP contribution in [-0.2, 0) is 0 Å². The van der Waals surface area contributed by atoms with Crippen molar-refractivity contribution in [1.29, 1.82) is 0 Å². The molecule has 0 spiro atoms. The number of hydrogen-bond acceptors (Lipinski definition) is 0. The lowest BCUT2D eigenvalue weighted by molar-refractivity contribution is 1.33. The highest BCUT2D eigenvalue weighted by Gasteiger charge is 1.91. The van der Waals surface area contributed by atoms with Gasteiger partial charge >= 0.3 is 0 Å². The van der Waals surface area contributed by atoms with Gasteiger partial charge < -0.3 is 0 Å². The lowest BCUT2D eigenvalue weighted by Crippen LogP contribution is -1.81. The summed E-state index contributed by atoms with van der Waals surface area (Å²) >= 11 is 0. The molecule has 0 aliphatic carbocycles. The molecule has 0 saturated carbocycles. The van der Waals surface area contributed by atoms with Crippen molar-refractivity contribution in [3.05, 3.63) is 53.1 Å². The number of rotatable bonds is 2. The summed E-state index contributed by atoms with van der Waals surface area (Å²) in [6.07, 6.45) is 4.12.